The monoisotopic (exact) mass is 359 g/mol. The Morgan fingerprint density at radius 2 is 1.75 bits per heavy atom. The minimum atomic E-state index is 0. The number of hydrogen-bond acceptors (Lipinski definition) is 0. The summed E-state index contributed by atoms with van der Waals surface area (Å²) in [7, 11) is 0. The molecule has 0 radical (unpaired) electrons. The van der Waals surface area contributed by atoms with E-state index in [1.807, 2.05) is 0 Å². The van der Waals surface area contributed by atoms with Crippen LogP contribution in [0.5, 0.6) is 0 Å². The van der Waals surface area contributed by atoms with Crippen LogP contribution in [0.15, 0.2) is 0 Å². The summed E-state index contributed by atoms with van der Waals surface area (Å²) in [6, 6.07) is 0. The van der Waals surface area contributed by atoms with Crippen LogP contribution in [0.1, 0.15) is 6.92 Å². The third-order valence-corrected chi connectivity index (χ3v) is 0. The largest absolute Gasteiger partial charge is 0.107 e. The molecule has 0 aromatic heterocycles. The molecule has 0 aromatic carbocycles. The summed E-state index contributed by atoms with van der Waals surface area (Å²) in [6.07, 6.45) is 0. The molecule has 0 spiro atoms. The van der Waals surface area contributed by atoms with E-state index in [0.29, 0.717) is 0 Å². The average Bonchev–Trinajstić information content (AvgIpc) is 0.918. The third-order valence-electron chi connectivity index (χ3n) is 0. The molecule has 0 nitrogen and oxygen atoms in total. The maximum absolute atomic E-state index is 2.21. The molecule has 0 fully saturated rings. The van der Waals surface area contributed by atoms with E-state index in [4.69, 9.17) is 0 Å². The molecule has 0 aliphatic rings. The Kier molecular flexibility index (Phi) is 20.2. The molecular weight excluding hydrogens is 352 g/mol. The van der Waals surface area contributed by atoms with Gasteiger partial charge in [0.15, 0.2) is 0 Å². The molecule has 0 heterocycles. The van der Waals surface area contributed by atoms with E-state index < -0.39 is 0 Å². The van der Waals surface area contributed by atoms with E-state index >= 15 is 0 Å². The van der Waals surface area contributed by atoms with Crippen molar-refractivity contribution in [3.63, 3.8) is 0 Å². The van der Waals surface area contributed by atoms with Crippen LogP contribution in [0.4, 0.5) is 0 Å². The molecule has 0 saturated heterocycles. The normalized spacial score (nSPS) is 4.75. The first kappa shape index (κ1) is 9.18. The molecule has 0 unspecified atom stereocenters. The molecule has 0 rings (SSSR count). The second-order valence-corrected chi connectivity index (χ2v) is 4.39. The standard InChI is InChI=1S/C2H5.Hg.HI/c1-2;;/h1H2,2H3;;1H. The van der Waals surface area contributed by atoms with Gasteiger partial charge in [-0.25, -0.2) is 0 Å². The zero-order valence-electron chi connectivity index (χ0n) is 2.82. The van der Waals surface area contributed by atoms with Gasteiger partial charge in [0.2, 0.25) is 0 Å². The van der Waals surface area contributed by atoms with Crippen LogP contribution in [-0.2, 0) is 26.1 Å². The van der Waals surface area contributed by atoms with Gasteiger partial charge in [-0.05, 0) is 0 Å². The van der Waals surface area contributed by atoms with E-state index in [9.17, 15) is 0 Å². The molecule has 0 aliphatic carbocycles. The zero-order chi connectivity index (χ0) is 2.71. The van der Waals surface area contributed by atoms with Gasteiger partial charge in [-0.3, -0.25) is 0 Å². The Bertz CT molecular complexity index is 6.00. The topological polar surface area (TPSA) is 0 Å². The summed E-state index contributed by atoms with van der Waals surface area (Å²) in [6.45, 7) is 2.21. The average molecular weight is 358 g/mol. The minimum absolute atomic E-state index is 0. The Morgan fingerprint density at radius 1 is 1.75 bits per heavy atom. The van der Waals surface area contributed by atoms with Crippen molar-refractivity contribution in [1.82, 2.24) is 0 Å². The van der Waals surface area contributed by atoms with Crippen LogP contribution in [0.25, 0.3) is 0 Å². The van der Waals surface area contributed by atoms with Crippen molar-refractivity contribution in [3.8, 4) is 0 Å². The predicted molar refractivity (Wildman–Crippen MR) is 25.9 cm³/mol. The second kappa shape index (κ2) is 8.82. The van der Waals surface area contributed by atoms with E-state index in [1.54, 1.807) is 0 Å². The van der Waals surface area contributed by atoms with Gasteiger partial charge in [-0.1, -0.05) is 0 Å². The van der Waals surface area contributed by atoms with Crippen molar-refractivity contribution < 1.29 is 26.1 Å². The zero-order valence-corrected chi connectivity index (χ0v) is 10.7. The van der Waals surface area contributed by atoms with Crippen molar-refractivity contribution in [3.05, 3.63) is 0 Å². The number of hydrogen-bond donors (Lipinski definition) is 0. The van der Waals surface area contributed by atoms with Crippen LogP contribution >= 0.6 is 24.0 Å². The molecule has 0 aromatic rings. The van der Waals surface area contributed by atoms with Gasteiger partial charge in [0.25, 0.3) is 0 Å². The summed E-state index contributed by atoms with van der Waals surface area (Å²) in [5, 5.41) is 0. The van der Waals surface area contributed by atoms with Gasteiger partial charge in [0.1, 0.15) is 0 Å². The van der Waals surface area contributed by atoms with Crippen LogP contribution in [-0.4, -0.2) is 0 Å². The van der Waals surface area contributed by atoms with Gasteiger partial charge < -0.3 is 0 Å². The van der Waals surface area contributed by atoms with Gasteiger partial charge in [-0.15, -0.1) is 24.0 Å². The van der Waals surface area contributed by atoms with Gasteiger partial charge in [0, 0.05) is 0 Å². The summed E-state index contributed by atoms with van der Waals surface area (Å²) >= 11 is 1.07. The molecule has 2 heteroatoms. The van der Waals surface area contributed by atoms with Gasteiger partial charge in [-0.2, -0.15) is 0 Å². The summed E-state index contributed by atoms with van der Waals surface area (Å²) in [4.78, 5) is 0. The molecule has 0 aliphatic heterocycles. The minimum Gasteiger partial charge on any atom is -0.107 e. The predicted octanol–water partition coefficient (Wildman–Crippen LogP) is 1.59. The summed E-state index contributed by atoms with van der Waals surface area (Å²) in [5.41, 5.74) is 0. The van der Waals surface area contributed by atoms with E-state index in [2.05, 4.69) is 6.92 Å². The van der Waals surface area contributed by atoms with Crippen molar-refractivity contribution in [2.24, 2.45) is 0 Å². The molecular formula is C2H6HgI. The maximum atomic E-state index is 2.21. The second-order valence-electron chi connectivity index (χ2n) is 0.500. The van der Waals surface area contributed by atoms with Crippen LogP contribution in [0, 0.1) is 0 Å². The fourth-order valence-corrected chi connectivity index (χ4v) is 0. The van der Waals surface area contributed by atoms with Crippen molar-refractivity contribution in [2.75, 3.05) is 0 Å². The molecule has 0 N–H and O–H groups in total. The van der Waals surface area contributed by atoms with E-state index in [-0.39, 0.29) is 24.0 Å². The summed E-state index contributed by atoms with van der Waals surface area (Å²) < 4.78 is 1.44. The van der Waals surface area contributed by atoms with Gasteiger partial charge in [0.05, 0.1) is 0 Å². The fraction of sp³-hybridized carbons (Fsp3) is 1.00. The Morgan fingerprint density at radius 3 is 1.75 bits per heavy atom. The molecule has 4 heavy (non-hydrogen) atoms. The summed E-state index contributed by atoms with van der Waals surface area (Å²) in [5.74, 6) is 0. The molecule has 0 amide bonds. The Balaban J connectivity index is 0. The Labute approximate surface area is 60.3 Å². The van der Waals surface area contributed by atoms with Crippen LogP contribution < -0.4 is 0 Å². The Hall–Kier alpha value is 1.67. The van der Waals surface area contributed by atoms with Crippen molar-refractivity contribution in [1.29, 1.82) is 0 Å². The molecule has 23 valence electrons. The van der Waals surface area contributed by atoms with Crippen LogP contribution in [0.2, 0.25) is 3.93 Å². The first-order valence-electron chi connectivity index (χ1n) is 1.21. The first-order valence-corrected chi connectivity index (χ1v) is 5.09. The van der Waals surface area contributed by atoms with Gasteiger partial charge >= 0.3 is 37.0 Å². The third kappa shape index (κ3) is 9.39. The van der Waals surface area contributed by atoms with E-state index in [1.165, 1.54) is 3.93 Å². The van der Waals surface area contributed by atoms with Crippen molar-refractivity contribution >= 4 is 24.0 Å². The smallest absolute Gasteiger partial charge is 0.107 e. The SMILES string of the molecule is C[CH2][Hg].I. The number of halogens is 1. The van der Waals surface area contributed by atoms with E-state index in [0.717, 1.165) is 26.1 Å². The van der Waals surface area contributed by atoms with Crippen LogP contribution in [0.3, 0.4) is 0 Å². The molecule has 0 saturated carbocycles. The number of rotatable bonds is 0. The maximum Gasteiger partial charge on any atom is -0.107 e. The quantitative estimate of drug-likeness (QED) is 0.456. The molecule has 0 atom stereocenters. The fourth-order valence-electron chi connectivity index (χ4n) is 0. The van der Waals surface area contributed by atoms with Crippen molar-refractivity contribution in [2.45, 2.75) is 10.9 Å². The first-order chi connectivity index (χ1) is 1.41. The molecule has 0 bridgehead atoms.